The van der Waals surface area contributed by atoms with Crippen molar-refractivity contribution >= 4 is 51.5 Å². The highest BCUT2D eigenvalue weighted by molar-refractivity contribution is 6.35. The molecule has 1 aliphatic rings. The van der Waals surface area contributed by atoms with Crippen molar-refractivity contribution < 1.29 is 28.5 Å². The molecule has 3 aromatic heterocycles. The van der Waals surface area contributed by atoms with Crippen LogP contribution in [-0.2, 0) is 14.2 Å². The zero-order valence-electron chi connectivity index (χ0n) is 24.5. The summed E-state index contributed by atoms with van der Waals surface area (Å²) in [6.45, 7) is 10.6. The van der Waals surface area contributed by atoms with Gasteiger partial charge in [0, 0.05) is 23.8 Å². The fourth-order valence-electron chi connectivity index (χ4n) is 4.63. The summed E-state index contributed by atoms with van der Waals surface area (Å²) in [6.07, 6.45) is 3.96. The van der Waals surface area contributed by atoms with Gasteiger partial charge in [-0.2, -0.15) is 4.90 Å². The standard InChI is InChI=1S/C30H34ClN5O6/c1-29(2,3)41-27(37)36(28(38)42-30(4,5)6)26-21-11-13-35(25(21)33-17-34-26)24-10-9-18(40-24)16-39-19-14-22(31)20-8-7-12-32-23(20)15-19/h7-8,11-15,17-18,24H,9-10,16H2,1-6H3. The highest BCUT2D eigenvalue weighted by atomic mass is 35.5. The lowest BCUT2D eigenvalue weighted by molar-refractivity contribution is -0.0156. The van der Waals surface area contributed by atoms with Crippen molar-refractivity contribution in [1.82, 2.24) is 19.5 Å². The van der Waals surface area contributed by atoms with E-state index in [2.05, 4.69) is 15.0 Å². The summed E-state index contributed by atoms with van der Waals surface area (Å²) in [4.78, 5) is 40.3. The van der Waals surface area contributed by atoms with Gasteiger partial charge in [0.2, 0.25) is 0 Å². The molecule has 4 aromatic rings. The molecule has 0 aliphatic carbocycles. The Hall–Kier alpha value is -3.96. The van der Waals surface area contributed by atoms with Crippen molar-refractivity contribution in [3.63, 3.8) is 0 Å². The van der Waals surface area contributed by atoms with Crippen molar-refractivity contribution in [2.45, 2.75) is 77.9 Å². The number of benzene rings is 1. The predicted molar refractivity (Wildman–Crippen MR) is 158 cm³/mol. The van der Waals surface area contributed by atoms with Gasteiger partial charge in [-0.3, -0.25) is 4.98 Å². The molecule has 2 unspecified atom stereocenters. The number of hydrogen-bond acceptors (Lipinski definition) is 9. The summed E-state index contributed by atoms with van der Waals surface area (Å²) < 4.78 is 25.2. The number of nitrogens with zero attached hydrogens (tertiary/aromatic N) is 5. The van der Waals surface area contributed by atoms with Crippen molar-refractivity contribution in [3.05, 3.63) is 54.1 Å². The lowest BCUT2D eigenvalue weighted by atomic mass is 10.2. The van der Waals surface area contributed by atoms with Crippen molar-refractivity contribution in [1.29, 1.82) is 0 Å². The van der Waals surface area contributed by atoms with Gasteiger partial charge in [-0.25, -0.2) is 19.6 Å². The second kappa shape index (κ2) is 11.4. The molecule has 0 saturated carbocycles. The molecule has 222 valence electrons. The van der Waals surface area contributed by atoms with Crippen LogP contribution in [0.5, 0.6) is 5.75 Å². The fraction of sp³-hybridized carbons (Fsp3) is 0.433. The lowest BCUT2D eigenvalue weighted by Gasteiger charge is -2.28. The van der Waals surface area contributed by atoms with E-state index in [0.717, 1.165) is 22.2 Å². The van der Waals surface area contributed by atoms with Gasteiger partial charge in [0.1, 0.15) is 41.8 Å². The number of anilines is 1. The Labute approximate surface area is 248 Å². The molecule has 0 spiro atoms. The molecule has 2 atom stereocenters. The van der Waals surface area contributed by atoms with Gasteiger partial charge in [-0.05, 0) is 78.6 Å². The number of carbonyl (C=O) groups is 2. The highest BCUT2D eigenvalue weighted by Gasteiger charge is 2.36. The molecule has 12 heteroatoms. The van der Waals surface area contributed by atoms with Crippen LogP contribution in [0.3, 0.4) is 0 Å². The molecule has 11 nitrogen and oxygen atoms in total. The van der Waals surface area contributed by atoms with E-state index in [-0.39, 0.29) is 18.1 Å². The van der Waals surface area contributed by atoms with E-state index in [4.69, 9.17) is 30.5 Å². The highest BCUT2D eigenvalue weighted by Crippen LogP contribution is 2.35. The molecule has 1 aromatic carbocycles. The maximum atomic E-state index is 13.2. The average molecular weight is 596 g/mol. The molecule has 2 amide bonds. The van der Waals surface area contributed by atoms with E-state index in [0.29, 0.717) is 34.8 Å². The minimum atomic E-state index is -0.900. The van der Waals surface area contributed by atoms with Crippen LogP contribution in [0.15, 0.2) is 49.1 Å². The maximum Gasteiger partial charge on any atom is 0.425 e. The first-order valence-electron chi connectivity index (χ1n) is 13.7. The number of carbonyl (C=O) groups excluding carboxylic acids is 2. The Bertz CT molecular complexity index is 1600. The zero-order chi connectivity index (χ0) is 30.2. The summed E-state index contributed by atoms with van der Waals surface area (Å²) >= 11 is 6.41. The fourth-order valence-corrected chi connectivity index (χ4v) is 4.90. The SMILES string of the molecule is CC(C)(C)OC(=O)N(C(=O)OC(C)(C)C)c1ncnc2c1ccn2C1CCC(COc2cc(Cl)c3cccnc3c2)O1. The molecule has 1 fully saturated rings. The molecule has 0 N–H and O–H groups in total. The maximum absolute atomic E-state index is 13.2. The van der Waals surface area contributed by atoms with Gasteiger partial charge < -0.3 is 23.5 Å². The molecule has 1 aliphatic heterocycles. The largest absolute Gasteiger partial charge is 0.491 e. The molecule has 42 heavy (non-hydrogen) atoms. The monoisotopic (exact) mass is 595 g/mol. The number of fused-ring (bicyclic) bond motifs is 2. The number of aromatic nitrogens is 4. The number of pyridine rings is 1. The van der Waals surface area contributed by atoms with Gasteiger partial charge in [-0.15, -0.1) is 0 Å². The molecular formula is C30H34ClN5O6. The van der Waals surface area contributed by atoms with E-state index in [1.165, 1.54) is 6.33 Å². The summed E-state index contributed by atoms with van der Waals surface area (Å²) in [7, 11) is 0. The van der Waals surface area contributed by atoms with E-state index >= 15 is 0 Å². The lowest BCUT2D eigenvalue weighted by Crippen LogP contribution is -2.44. The number of halogens is 1. The first-order valence-corrected chi connectivity index (χ1v) is 14.1. The summed E-state index contributed by atoms with van der Waals surface area (Å²) in [6, 6.07) is 9.12. The second-order valence-electron chi connectivity index (χ2n) is 12.0. The van der Waals surface area contributed by atoms with Crippen LogP contribution in [0.4, 0.5) is 15.4 Å². The number of imide groups is 1. The van der Waals surface area contributed by atoms with E-state index in [1.54, 1.807) is 66.1 Å². The minimum absolute atomic E-state index is 0.0573. The Morgan fingerprint density at radius 1 is 1.00 bits per heavy atom. The third kappa shape index (κ3) is 6.57. The summed E-state index contributed by atoms with van der Waals surface area (Å²) in [5.74, 6) is 0.674. The quantitative estimate of drug-likeness (QED) is 0.239. The summed E-state index contributed by atoms with van der Waals surface area (Å²) in [5.41, 5.74) is -0.444. The van der Waals surface area contributed by atoms with Crippen LogP contribution in [0.1, 0.15) is 60.6 Å². The van der Waals surface area contributed by atoms with Crippen molar-refractivity contribution in [2.24, 2.45) is 0 Å². The third-order valence-corrected chi connectivity index (χ3v) is 6.64. The number of ether oxygens (including phenoxy) is 4. The molecule has 1 saturated heterocycles. The molecule has 0 radical (unpaired) electrons. The first-order chi connectivity index (χ1) is 19.8. The van der Waals surface area contributed by atoms with Crippen LogP contribution in [0, 0.1) is 0 Å². The van der Waals surface area contributed by atoms with Gasteiger partial charge in [-0.1, -0.05) is 11.6 Å². The van der Waals surface area contributed by atoms with E-state index in [9.17, 15) is 9.59 Å². The zero-order valence-corrected chi connectivity index (χ0v) is 25.2. The molecule has 0 bridgehead atoms. The Balaban J connectivity index is 1.35. The van der Waals surface area contributed by atoms with Gasteiger partial charge >= 0.3 is 12.2 Å². The minimum Gasteiger partial charge on any atom is -0.491 e. The number of rotatable bonds is 5. The Morgan fingerprint density at radius 3 is 2.40 bits per heavy atom. The van der Waals surface area contributed by atoms with Crippen molar-refractivity contribution in [3.8, 4) is 5.75 Å². The van der Waals surface area contributed by atoms with Crippen molar-refractivity contribution in [2.75, 3.05) is 11.5 Å². The second-order valence-corrected chi connectivity index (χ2v) is 12.4. The number of hydrogen-bond donors (Lipinski definition) is 0. The topological polar surface area (TPSA) is 118 Å². The van der Waals surface area contributed by atoms with Crippen LogP contribution >= 0.6 is 11.6 Å². The Morgan fingerprint density at radius 2 is 1.71 bits per heavy atom. The number of amides is 2. The average Bonchev–Trinajstić information content (AvgIpc) is 3.53. The van der Waals surface area contributed by atoms with Crippen LogP contribution in [0.2, 0.25) is 5.02 Å². The molecule has 4 heterocycles. The molecule has 5 rings (SSSR count). The van der Waals surface area contributed by atoms with Crippen LogP contribution in [-0.4, -0.2) is 55.6 Å². The smallest absolute Gasteiger partial charge is 0.425 e. The first kappa shape index (κ1) is 29.5. The normalized spacial score (nSPS) is 17.4. The van der Waals surface area contributed by atoms with Crippen LogP contribution < -0.4 is 9.64 Å². The third-order valence-electron chi connectivity index (χ3n) is 6.33. The predicted octanol–water partition coefficient (Wildman–Crippen LogP) is 7.07. The van der Waals surface area contributed by atoms with Gasteiger partial charge in [0.15, 0.2) is 5.82 Å². The van der Waals surface area contributed by atoms with E-state index < -0.39 is 23.4 Å². The van der Waals surface area contributed by atoms with E-state index in [1.807, 2.05) is 22.8 Å². The van der Waals surface area contributed by atoms with Gasteiger partial charge in [0.05, 0.1) is 22.0 Å². The van der Waals surface area contributed by atoms with Gasteiger partial charge in [0.25, 0.3) is 0 Å². The molecular weight excluding hydrogens is 562 g/mol. The Kier molecular flexibility index (Phi) is 8.00. The van der Waals surface area contributed by atoms with Crippen LogP contribution in [0.25, 0.3) is 21.9 Å². The summed E-state index contributed by atoms with van der Waals surface area (Å²) in [5, 5.41) is 1.90.